The van der Waals surface area contributed by atoms with Crippen LogP contribution >= 0.6 is 0 Å². The minimum absolute atomic E-state index is 0.389. The lowest BCUT2D eigenvalue weighted by Gasteiger charge is -2.15. The summed E-state index contributed by atoms with van der Waals surface area (Å²) in [6.45, 7) is 0.779. The number of carbonyl (C=O) groups excluding carboxylic acids is 1. The molecule has 1 heterocycles. The van der Waals surface area contributed by atoms with Gasteiger partial charge in [-0.2, -0.15) is 13.1 Å². The van der Waals surface area contributed by atoms with E-state index in [1.807, 2.05) is 0 Å². The number of nitrogens with one attached hydrogen (secondary N) is 1. The van der Waals surface area contributed by atoms with Gasteiger partial charge in [0.1, 0.15) is 0 Å². The first kappa shape index (κ1) is 11.9. The molecule has 92 valence electrons. The number of hydrogen-bond acceptors (Lipinski definition) is 4. The molecule has 0 bridgehead atoms. The molecule has 1 aliphatic heterocycles. The molecule has 1 N–H and O–H groups in total. The van der Waals surface area contributed by atoms with Crippen molar-refractivity contribution in [1.29, 1.82) is 0 Å². The minimum Gasteiger partial charge on any atom is -0.465 e. The first-order chi connectivity index (χ1) is 8.04. The van der Waals surface area contributed by atoms with Gasteiger partial charge >= 0.3 is 16.2 Å². The SMILES string of the molecule is COC(=O)c1ccc(N2CCNS2(=O)=O)cc1. The van der Waals surface area contributed by atoms with Crippen LogP contribution in [0.15, 0.2) is 24.3 Å². The van der Waals surface area contributed by atoms with Crippen molar-refractivity contribution in [2.45, 2.75) is 0 Å². The number of benzene rings is 1. The second-order valence-electron chi connectivity index (χ2n) is 3.51. The average Bonchev–Trinajstić information content (AvgIpc) is 2.68. The number of hydrogen-bond donors (Lipinski definition) is 1. The molecule has 1 fully saturated rings. The maximum atomic E-state index is 11.6. The summed E-state index contributed by atoms with van der Waals surface area (Å²) < 4.78 is 31.3. The molecular formula is C10H12N2O4S. The van der Waals surface area contributed by atoms with E-state index in [0.717, 1.165) is 0 Å². The molecule has 1 aliphatic rings. The molecule has 0 unspecified atom stereocenters. The van der Waals surface area contributed by atoms with Crippen molar-refractivity contribution in [1.82, 2.24) is 4.72 Å². The Morgan fingerprint density at radius 1 is 1.35 bits per heavy atom. The van der Waals surface area contributed by atoms with Gasteiger partial charge in [0.2, 0.25) is 0 Å². The zero-order chi connectivity index (χ0) is 12.5. The highest BCUT2D eigenvalue weighted by Gasteiger charge is 2.27. The molecule has 0 atom stereocenters. The van der Waals surface area contributed by atoms with Crippen LogP contribution in [0, 0.1) is 0 Å². The Kier molecular flexibility index (Phi) is 3.03. The number of nitrogens with zero attached hydrogens (tertiary/aromatic N) is 1. The number of ether oxygens (including phenoxy) is 1. The van der Waals surface area contributed by atoms with E-state index in [1.165, 1.54) is 23.5 Å². The van der Waals surface area contributed by atoms with Crippen molar-refractivity contribution in [3.63, 3.8) is 0 Å². The van der Waals surface area contributed by atoms with Gasteiger partial charge in [-0.25, -0.2) is 4.79 Å². The summed E-state index contributed by atoms with van der Waals surface area (Å²) in [5.41, 5.74) is 0.920. The van der Waals surface area contributed by atoms with Crippen LogP contribution in [0.1, 0.15) is 10.4 Å². The Morgan fingerprint density at radius 3 is 2.47 bits per heavy atom. The van der Waals surface area contributed by atoms with Crippen LogP contribution in [0.4, 0.5) is 5.69 Å². The Labute approximate surface area is 99.4 Å². The zero-order valence-corrected chi connectivity index (χ0v) is 10.0. The Balaban J connectivity index is 2.27. The molecule has 1 saturated heterocycles. The van der Waals surface area contributed by atoms with E-state index in [-0.39, 0.29) is 0 Å². The molecule has 7 heteroatoms. The lowest BCUT2D eigenvalue weighted by molar-refractivity contribution is 0.0601. The van der Waals surface area contributed by atoms with Crippen LogP contribution < -0.4 is 9.03 Å². The van der Waals surface area contributed by atoms with E-state index in [2.05, 4.69) is 9.46 Å². The standard InChI is InChI=1S/C10H12N2O4S/c1-16-10(13)8-2-4-9(5-3-8)12-7-6-11-17(12,14)15/h2-5,11H,6-7H2,1H3. The van der Waals surface area contributed by atoms with Gasteiger partial charge in [0.25, 0.3) is 0 Å². The van der Waals surface area contributed by atoms with Crippen molar-refractivity contribution >= 4 is 21.9 Å². The highest BCUT2D eigenvalue weighted by atomic mass is 32.2. The smallest absolute Gasteiger partial charge is 0.337 e. The van der Waals surface area contributed by atoms with Crippen LogP contribution in [0.2, 0.25) is 0 Å². The second kappa shape index (κ2) is 4.34. The zero-order valence-electron chi connectivity index (χ0n) is 9.21. The van der Waals surface area contributed by atoms with Gasteiger partial charge in [-0.05, 0) is 24.3 Å². The van der Waals surface area contributed by atoms with Gasteiger partial charge in [-0.15, -0.1) is 0 Å². The van der Waals surface area contributed by atoms with Crippen molar-refractivity contribution in [2.24, 2.45) is 0 Å². The summed E-state index contributed by atoms with van der Waals surface area (Å²) in [6.07, 6.45) is 0. The molecule has 6 nitrogen and oxygen atoms in total. The van der Waals surface area contributed by atoms with E-state index in [0.29, 0.717) is 24.3 Å². The first-order valence-electron chi connectivity index (χ1n) is 5.00. The fourth-order valence-corrected chi connectivity index (χ4v) is 2.86. The van der Waals surface area contributed by atoms with Crippen LogP contribution in [0.25, 0.3) is 0 Å². The molecule has 0 amide bonds. The Bertz CT molecular complexity index is 524. The summed E-state index contributed by atoms with van der Waals surface area (Å²) in [5.74, 6) is -0.445. The van der Waals surface area contributed by atoms with E-state index in [9.17, 15) is 13.2 Å². The van der Waals surface area contributed by atoms with Crippen molar-refractivity contribution in [3.05, 3.63) is 29.8 Å². The fourth-order valence-electron chi connectivity index (χ4n) is 1.62. The molecule has 0 saturated carbocycles. The molecule has 1 aromatic carbocycles. The summed E-state index contributed by atoms with van der Waals surface area (Å²) in [6, 6.07) is 6.23. The summed E-state index contributed by atoms with van der Waals surface area (Å²) >= 11 is 0. The van der Waals surface area contributed by atoms with Crippen molar-refractivity contribution in [2.75, 3.05) is 24.5 Å². The average molecular weight is 256 g/mol. The second-order valence-corrected chi connectivity index (χ2v) is 5.19. The van der Waals surface area contributed by atoms with Crippen molar-refractivity contribution < 1.29 is 17.9 Å². The molecule has 0 aromatic heterocycles. The van der Waals surface area contributed by atoms with Crippen LogP contribution in [0.3, 0.4) is 0 Å². The number of esters is 1. The molecule has 0 aliphatic carbocycles. The Hall–Kier alpha value is -1.60. The van der Waals surface area contributed by atoms with Crippen molar-refractivity contribution in [3.8, 4) is 0 Å². The van der Waals surface area contributed by atoms with Crippen LogP contribution in [0.5, 0.6) is 0 Å². The maximum absolute atomic E-state index is 11.6. The monoisotopic (exact) mass is 256 g/mol. The number of anilines is 1. The third-order valence-corrected chi connectivity index (χ3v) is 4.01. The first-order valence-corrected chi connectivity index (χ1v) is 6.44. The van der Waals surface area contributed by atoms with Crippen LogP contribution in [-0.4, -0.2) is 34.6 Å². The number of rotatable bonds is 2. The summed E-state index contributed by atoms with van der Waals surface area (Å²) in [4.78, 5) is 11.2. The molecule has 0 radical (unpaired) electrons. The van der Waals surface area contributed by atoms with Gasteiger partial charge in [0, 0.05) is 13.1 Å². The quantitative estimate of drug-likeness (QED) is 0.763. The third kappa shape index (κ3) is 2.25. The molecule has 17 heavy (non-hydrogen) atoms. The van der Waals surface area contributed by atoms with Gasteiger partial charge in [0.15, 0.2) is 0 Å². The fraction of sp³-hybridized carbons (Fsp3) is 0.300. The van der Waals surface area contributed by atoms with Gasteiger partial charge in [-0.3, -0.25) is 4.31 Å². The predicted octanol–water partition coefficient (Wildman–Crippen LogP) is 0.128. The maximum Gasteiger partial charge on any atom is 0.337 e. The molecule has 1 aromatic rings. The normalized spacial score (nSPS) is 18.1. The summed E-state index contributed by atoms with van der Waals surface area (Å²) in [7, 11) is -2.11. The third-order valence-electron chi connectivity index (χ3n) is 2.47. The molecular weight excluding hydrogens is 244 g/mol. The van der Waals surface area contributed by atoms with Crippen LogP contribution in [-0.2, 0) is 14.9 Å². The van der Waals surface area contributed by atoms with E-state index in [1.54, 1.807) is 12.1 Å². The minimum atomic E-state index is -3.41. The van der Waals surface area contributed by atoms with E-state index >= 15 is 0 Å². The van der Waals surface area contributed by atoms with E-state index in [4.69, 9.17) is 0 Å². The lowest BCUT2D eigenvalue weighted by Crippen LogP contribution is -2.29. The molecule has 0 spiro atoms. The number of methoxy groups -OCH3 is 1. The summed E-state index contributed by atoms with van der Waals surface area (Å²) in [5, 5.41) is 0. The van der Waals surface area contributed by atoms with Gasteiger partial charge < -0.3 is 4.74 Å². The largest absolute Gasteiger partial charge is 0.465 e. The predicted molar refractivity (Wildman–Crippen MR) is 62.1 cm³/mol. The lowest BCUT2D eigenvalue weighted by atomic mass is 10.2. The van der Waals surface area contributed by atoms with Gasteiger partial charge in [-0.1, -0.05) is 0 Å². The van der Waals surface area contributed by atoms with Gasteiger partial charge in [0.05, 0.1) is 18.4 Å². The highest BCUT2D eigenvalue weighted by molar-refractivity contribution is 7.91. The van der Waals surface area contributed by atoms with E-state index < -0.39 is 16.2 Å². The topological polar surface area (TPSA) is 75.7 Å². The number of carbonyl (C=O) groups is 1. The molecule has 2 rings (SSSR count). The highest BCUT2D eigenvalue weighted by Crippen LogP contribution is 2.20. The Morgan fingerprint density at radius 2 is 2.00 bits per heavy atom.